The maximum Gasteiger partial charge on any atom is 0.246 e. The number of carbonyl (C=O) groups excluding carboxylic acids is 2. The van der Waals surface area contributed by atoms with E-state index >= 15 is 0 Å². The van der Waals surface area contributed by atoms with Gasteiger partial charge in [0, 0.05) is 35.7 Å². The number of thioether (sulfide) groups is 1. The molecule has 4 nitrogen and oxygen atoms in total. The van der Waals surface area contributed by atoms with Crippen molar-refractivity contribution in [2.45, 2.75) is 24.2 Å². The highest BCUT2D eigenvalue weighted by atomic mass is 32.2. The van der Waals surface area contributed by atoms with Crippen LogP contribution in [0.15, 0.2) is 65.6 Å². The van der Waals surface area contributed by atoms with Crippen molar-refractivity contribution >= 4 is 35.3 Å². The summed E-state index contributed by atoms with van der Waals surface area (Å²) in [6, 6.07) is 17.8. The van der Waals surface area contributed by atoms with Crippen LogP contribution in [0.3, 0.4) is 0 Å². The first-order valence-corrected chi connectivity index (χ1v) is 11.3. The molecule has 0 radical (unpaired) electrons. The average molecular weight is 407 g/mol. The third-order valence-corrected chi connectivity index (χ3v) is 6.90. The number of nitrogens with one attached hydrogen (secondary N) is 1. The number of piperidine rings is 1. The number of hydrogen-bond donors (Lipinski definition) is 1. The Bertz CT molecular complexity index is 900. The van der Waals surface area contributed by atoms with Gasteiger partial charge in [0.05, 0.1) is 0 Å². The molecule has 0 unspecified atom stereocenters. The van der Waals surface area contributed by atoms with E-state index in [4.69, 9.17) is 0 Å². The predicted octanol–water partition coefficient (Wildman–Crippen LogP) is 4.69. The molecule has 2 fully saturated rings. The molecule has 2 aromatic carbocycles. The molecule has 1 aliphatic heterocycles. The summed E-state index contributed by atoms with van der Waals surface area (Å²) in [5.41, 5.74) is 1.97. The van der Waals surface area contributed by atoms with Gasteiger partial charge in [-0.2, -0.15) is 0 Å². The number of carbonyl (C=O) groups is 2. The van der Waals surface area contributed by atoms with Gasteiger partial charge in [-0.3, -0.25) is 9.59 Å². The summed E-state index contributed by atoms with van der Waals surface area (Å²) in [5.74, 6) is 0.240. The summed E-state index contributed by atoms with van der Waals surface area (Å²) in [4.78, 5) is 28.2. The molecule has 2 amide bonds. The number of hydrogen-bond acceptors (Lipinski definition) is 3. The Morgan fingerprint density at radius 2 is 1.76 bits per heavy atom. The van der Waals surface area contributed by atoms with E-state index in [1.54, 1.807) is 17.8 Å². The molecule has 1 atom stereocenters. The minimum Gasteiger partial charge on any atom is -0.339 e. The van der Waals surface area contributed by atoms with Crippen LogP contribution in [0, 0.1) is 11.3 Å². The molecule has 150 valence electrons. The molecule has 29 heavy (non-hydrogen) atoms. The lowest BCUT2D eigenvalue weighted by Crippen LogP contribution is -2.39. The Labute approximate surface area is 176 Å². The van der Waals surface area contributed by atoms with Gasteiger partial charge in [-0.1, -0.05) is 30.3 Å². The molecule has 1 saturated heterocycles. The van der Waals surface area contributed by atoms with Crippen molar-refractivity contribution in [3.05, 3.63) is 66.2 Å². The second-order valence-electron chi connectivity index (χ2n) is 7.91. The van der Waals surface area contributed by atoms with Crippen molar-refractivity contribution in [3.8, 4) is 0 Å². The van der Waals surface area contributed by atoms with Crippen molar-refractivity contribution in [2.24, 2.45) is 11.3 Å². The summed E-state index contributed by atoms with van der Waals surface area (Å²) in [5, 5.41) is 3.06. The standard InChI is InChI=1S/C24H26N2O2S/c1-29-20-10-8-19(9-11-20)25-23(28)21-17-24(21)13-15-26(16-14-24)22(27)12-7-18-5-3-2-4-6-18/h2-12,21H,13-17H2,1H3,(H,25,28)/b12-7+/t21-/m0/s1. The molecule has 1 N–H and O–H groups in total. The second kappa shape index (κ2) is 8.46. The molecule has 5 heteroatoms. The number of anilines is 1. The van der Waals surface area contributed by atoms with Crippen molar-refractivity contribution < 1.29 is 9.59 Å². The molecule has 0 bridgehead atoms. The van der Waals surface area contributed by atoms with E-state index in [0.29, 0.717) is 0 Å². The van der Waals surface area contributed by atoms with Crippen LogP contribution in [-0.2, 0) is 9.59 Å². The van der Waals surface area contributed by atoms with Crippen LogP contribution in [0.1, 0.15) is 24.8 Å². The molecular formula is C24H26N2O2S. The van der Waals surface area contributed by atoms with Crippen molar-refractivity contribution in [3.63, 3.8) is 0 Å². The van der Waals surface area contributed by atoms with Crippen molar-refractivity contribution in [2.75, 3.05) is 24.7 Å². The normalized spacial score (nSPS) is 20.0. The van der Waals surface area contributed by atoms with Gasteiger partial charge in [0.1, 0.15) is 0 Å². The minimum absolute atomic E-state index is 0.0549. The fraction of sp³-hybridized carbons (Fsp3) is 0.333. The van der Waals surface area contributed by atoms with Crippen LogP contribution < -0.4 is 5.32 Å². The van der Waals surface area contributed by atoms with E-state index in [9.17, 15) is 9.59 Å². The maximum absolute atomic E-state index is 12.7. The average Bonchev–Trinajstić information content (AvgIpc) is 3.47. The Balaban J connectivity index is 1.27. The number of likely N-dealkylation sites (tertiary alicyclic amines) is 1. The highest BCUT2D eigenvalue weighted by molar-refractivity contribution is 7.98. The molecule has 4 rings (SSSR count). The van der Waals surface area contributed by atoms with E-state index in [-0.39, 0.29) is 23.1 Å². The minimum atomic E-state index is 0.0549. The van der Waals surface area contributed by atoms with Crippen LogP contribution in [0.4, 0.5) is 5.69 Å². The van der Waals surface area contributed by atoms with Gasteiger partial charge in [-0.25, -0.2) is 0 Å². The fourth-order valence-corrected chi connectivity index (χ4v) is 4.59. The molecule has 1 heterocycles. The Morgan fingerprint density at radius 1 is 1.07 bits per heavy atom. The van der Waals surface area contributed by atoms with E-state index in [0.717, 1.165) is 43.6 Å². The third-order valence-electron chi connectivity index (χ3n) is 6.15. The van der Waals surface area contributed by atoms with Crippen LogP contribution in [0.5, 0.6) is 0 Å². The molecule has 1 aliphatic carbocycles. The van der Waals surface area contributed by atoms with Gasteiger partial charge >= 0.3 is 0 Å². The Kier molecular flexibility index (Phi) is 5.76. The van der Waals surface area contributed by atoms with Crippen LogP contribution >= 0.6 is 11.8 Å². The molecular weight excluding hydrogens is 380 g/mol. The Morgan fingerprint density at radius 3 is 2.41 bits per heavy atom. The van der Waals surface area contributed by atoms with Gasteiger partial charge in [-0.15, -0.1) is 11.8 Å². The smallest absolute Gasteiger partial charge is 0.246 e. The van der Waals surface area contributed by atoms with E-state index < -0.39 is 0 Å². The first-order valence-electron chi connectivity index (χ1n) is 10.1. The summed E-state index contributed by atoms with van der Waals surface area (Å²) >= 11 is 1.69. The lowest BCUT2D eigenvalue weighted by atomic mass is 9.90. The van der Waals surface area contributed by atoms with Crippen molar-refractivity contribution in [1.29, 1.82) is 0 Å². The first-order chi connectivity index (χ1) is 14.1. The largest absolute Gasteiger partial charge is 0.339 e. The van der Waals surface area contributed by atoms with Gasteiger partial charge in [0.15, 0.2) is 0 Å². The van der Waals surface area contributed by atoms with Crippen molar-refractivity contribution in [1.82, 2.24) is 4.90 Å². The zero-order valence-corrected chi connectivity index (χ0v) is 17.5. The maximum atomic E-state index is 12.7. The van der Waals surface area contributed by atoms with Gasteiger partial charge in [-0.05, 0) is 66.8 Å². The number of benzene rings is 2. The summed E-state index contributed by atoms with van der Waals surface area (Å²) in [6.07, 6.45) is 8.30. The molecule has 2 aliphatic rings. The highest BCUT2D eigenvalue weighted by Gasteiger charge is 2.58. The lowest BCUT2D eigenvalue weighted by molar-refractivity contribution is -0.127. The Hall–Kier alpha value is -2.53. The monoisotopic (exact) mass is 406 g/mol. The lowest BCUT2D eigenvalue weighted by Gasteiger charge is -2.32. The summed E-state index contributed by atoms with van der Waals surface area (Å²) in [6.45, 7) is 1.45. The number of rotatable bonds is 5. The van der Waals surface area contributed by atoms with Crippen LogP contribution in [0.25, 0.3) is 6.08 Å². The fourth-order valence-electron chi connectivity index (χ4n) is 4.18. The molecule has 0 aromatic heterocycles. The summed E-state index contributed by atoms with van der Waals surface area (Å²) < 4.78 is 0. The van der Waals surface area contributed by atoms with Crippen LogP contribution in [-0.4, -0.2) is 36.1 Å². The van der Waals surface area contributed by atoms with E-state index in [2.05, 4.69) is 5.32 Å². The second-order valence-corrected chi connectivity index (χ2v) is 8.79. The van der Waals surface area contributed by atoms with Gasteiger partial charge in [0.25, 0.3) is 0 Å². The quantitative estimate of drug-likeness (QED) is 0.579. The molecule has 2 aromatic rings. The molecule has 1 saturated carbocycles. The first kappa shape index (κ1) is 19.8. The molecule has 1 spiro atoms. The zero-order chi connectivity index (χ0) is 20.3. The zero-order valence-electron chi connectivity index (χ0n) is 16.6. The van der Waals surface area contributed by atoms with Crippen LogP contribution in [0.2, 0.25) is 0 Å². The summed E-state index contributed by atoms with van der Waals surface area (Å²) in [7, 11) is 0. The topological polar surface area (TPSA) is 49.4 Å². The van der Waals surface area contributed by atoms with Gasteiger partial charge < -0.3 is 10.2 Å². The number of nitrogens with zero attached hydrogens (tertiary/aromatic N) is 1. The number of amides is 2. The predicted molar refractivity (Wildman–Crippen MR) is 119 cm³/mol. The highest BCUT2D eigenvalue weighted by Crippen LogP contribution is 2.59. The SMILES string of the molecule is CSc1ccc(NC(=O)[C@@H]2CC23CCN(C(=O)/C=C/c2ccccc2)CC3)cc1. The third kappa shape index (κ3) is 4.56. The van der Waals surface area contributed by atoms with E-state index in [1.165, 1.54) is 4.90 Å². The van der Waals surface area contributed by atoms with E-state index in [1.807, 2.05) is 71.8 Å². The van der Waals surface area contributed by atoms with Gasteiger partial charge in [0.2, 0.25) is 11.8 Å².